The van der Waals surface area contributed by atoms with Crippen LogP contribution in [0.2, 0.25) is 0 Å². The number of carboxylic acids is 2. The second-order valence-corrected chi connectivity index (χ2v) is 2.96. The minimum absolute atomic E-state index is 0.912. The summed E-state index contributed by atoms with van der Waals surface area (Å²) in [6.07, 6.45) is -1.98. The molecule has 0 aromatic rings. The molecule has 0 aliphatic heterocycles. The molecule has 0 radical (unpaired) electrons. The fourth-order valence-electron chi connectivity index (χ4n) is 0.724. The van der Waals surface area contributed by atoms with Gasteiger partial charge in [-0.3, -0.25) is 0 Å². The summed E-state index contributed by atoms with van der Waals surface area (Å²) in [5.74, 6) is -4.31. The number of rotatable bonds is 5. The number of aliphatic hydroxyl groups is 1. The van der Waals surface area contributed by atoms with Gasteiger partial charge in [-0.25, -0.2) is 0 Å². The van der Waals surface area contributed by atoms with Crippen LogP contribution in [0.1, 0.15) is 12.8 Å². The second kappa shape index (κ2) is 5.11. The van der Waals surface area contributed by atoms with E-state index in [9.17, 15) is 19.5 Å². The molecule has 8 heteroatoms. The predicted molar refractivity (Wildman–Crippen MR) is 35.5 cm³/mol. The number of carboxylic acid groups (broad SMARTS) is 2. The molecule has 0 amide bonds. The molecule has 84 valence electrons. The molecular formula is C6H7AuO7. The molecule has 0 aromatic heterocycles. The van der Waals surface area contributed by atoms with Crippen molar-refractivity contribution in [1.82, 2.24) is 0 Å². The third-order valence-corrected chi connectivity index (χ3v) is 1.84. The minimum atomic E-state index is -2.62. The monoisotopic (exact) mass is 388 g/mol. The average Bonchev–Trinajstić information content (AvgIpc) is 2.02. The molecule has 14 heavy (non-hydrogen) atoms. The van der Waals surface area contributed by atoms with Gasteiger partial charge >= 0.3 is 90.8 Å². The van der Waals surface area contributed by atoms with Crippen molar-refractivity contribution in [2.75, 3.05) is 0 Å². The summed E-state index contributed by atoms with van der Waals surface area (Å²) in [6.45, 7) is 0. The Hall–Kier alpha value is -0.890. The van der Waals surface area contributed by atoms with Crippen LogP contribution >= 0.6 is 0 Å². The molecule has 0 spiro atoms. The number of hydrogen-bond donors (Lipinski definition) is 3. The van der Waals surface area contributed by atoms with E-state index in [2.05, 4.69) is 3.24 Å². The summed E-state index contributed by atoms with van der Waals surface area (Å²) in [7, 11) is 0. The summed E-state index contributed by atoms with van der Waals surface area (Å²) in [4.78, 5) is 31.4. The Morgan fingerprint density at radius 3 is 2.00 bits per heavy atom. The summed E-state index contributed by atoms with van der Waals surface area (Å²) >= 11 is 1.38. The molecule has 7 nitrogen and oxygen atoms in total. The fraction of sp³-hybridized carbons (Fsp3) is 0.500. The van der Waals surface area contributed by atoms with Gasteiger partial charge in [-0.1, -0.05) is 0 Å². The predicted octanol–water partition coefficient (Wildman–Crippen LogP) is -1.33. The SMILES string of the molecule is O=C(O)CC(O)(CC(=O)[O][Au])C(=O)O. The van der Waals surface area contributed by atoms with E-state index >= 15 is 0 Å². The molecule has 0 bridgehead atoms. The molecule has 0 rings (SSSR count). The van der Waals surface area contributed by atoms with E-state index in [0.717, 1.165) is 0 Å². The summed E-state index contributed by atoms with van der Waals surface area (Å²) < 4.78 is 4.07. The first kappa shape index (κ1) is 13.1. The third kappa shape index (κ3) is 3.88. The van der Waals surface area contributed by atoms with Gasteiger partial charge in [-0.05, 0) is 0 Å². The van der Waals surface area contributed by atoms with Crippen molar-refractivity contribution < 1.29 is 54.4 Å². The van der Waals surface area contributed by atoms with E-state index in [1.165, 1.54) is 21.5 Å². The number of aliphatic carboxylic acids is 2. The molecule has 1 atom stereocenters. The van der Waals surface area contributed by atoms with E-state index < -0.39 is 36.4 Å². The van der Waals surface area contributed by atoms with Gasteiger partial charge in [0, 0.05) is 0 Å². The van der Waals surface area contributed by atoms with Crippen LogP contribution in [-0.4, -0.2) is 38.8 Å². The number of hydrogen-bond acceptors (Lipinski definition) is 5. The van der Waals surface area contributed by atoms with Crippen LogP contribution in [0.15, 0.2) is 0 Å². The maximum atomic E-state index is 10.7. The van der Waals surface area contributed by atoms with Crippen LogP contribution in [0.4, 0.5) is 0 Å². The van der Waals surface area contributed by atoms with Gasteiger partial charge in [0.25, 0.3) is 0 Å². The van der Waals surface area contributed by atoms with Crippen LogP contribution in [-0.2, 0) is 39.1 Å². The normalized spacial score (nSPS) is 14.2. The topological polar surface area (TPSA) is 121 Å². The Morgan fingerprint density at radius 1 is 1.21 bits per heavy atom. The third-order valence-electron chi connectivity index (χ3n) is 1.35. The Bertz CT molecular complexity index is 263. The van der Waals surface area contributed by atoms with E-state index in [1.807, 2.05) is 0 Å². The molecule has 0 aliphatic carbocycles. The van der Waals surface area contributed by atoms with Crippen LogP contribution in [0.3, 0.4) is 0 Å². The average molecular weight is 388 g/mol. The van der Waals surface area contributed by atoms with Gasteiger partial charge in [0.05, 0.1) is 0 Å². The van der Waals surface area contributed by atoms with Crippen molar-refractivity contribution in [3.05, 3.63) is 0 Å². The van der Waals surface area contributed by atoms with Crippen molar-refractivity contribution in [3.63, 3.8) is 0 Å². The van der Waals surface area contributed by atoms with Crippen molar-refractivity contribution in [1.29, 1.82) is 0 Å². The van der Waals surface area contributed by atoms with Crippen molar-refractivity contribution >= 4 is 17.9 Å². The quantitative estimate of drug-likeness (QED) is 0.499. The Kier molecular flexibility index (Phi) is 4.78. The first-order valence-corrected chi connectivity index (χ1v) is 4.16. The fourth-order valence-corrected chi connectivity index (χ4v) is 0.881. The summed E-state index contributed by atoms with van der Waals surface area (Å²) in [6, 6.07) is 0. The first-order valence-electron chi connectivity index (χ1n) is 3.27. The van der Waals surface area contributed by atoms with Crippen LogP contribution < -0.4 is 0 Å². The molecule has 3 N–H and O–H groups in total. The zero-order valence-corrected chi connectivity index (χ0v) is 8.86. The Labute approximate surface area is 91.1 Å². The maximum absolute atomic E-state index is 10.7. The molecule has 0 saturated carbocycles. The molecule has 0 saturated heterocycles. The van der Waals surface area contributed by atoms with Crippen LogP contribution in [0.5, 0.6) is 0 Å². The van der Waals surface area contributed by atoms with Crippen LogP contribution in [0.25, 0.3) is 0 Å². The van der Waals surface area contributed by atoms with Gasteiger partial charge in [-0.15, -0.1) is 0 Å². The zero-order valence-electron chi connectivity index (χ0n) is 6.69. The standard InChI is InChI=1S/C6H8O7.Au/c7-3(8)1-6(13,5(11)12)2-4(9)10;/h13H,1-2H2,(H,7,8)(H,9,10)(H,11,12);/q;+1/p-1. The van der Waals surface area contributed by atoms with Gasteiger partial charge in [0.15, 0.2) is 0 Å². The molecule has 0 aromatic carbocycles. The Morgan fingerprint density at radius 2 is 1.71 bits per heavy atom. The Balaban J connectivity index is 4.63. The number of carbonyl (C=O) groups is 3. The molecular weight excluding hydrogens is 381 g/mol. The van der Waals surface area contributed by atoms with Crippen molar-refractivity contribution in [2.24, 2.45) is 0 Å². The van der Waals surface area contributed by atoms with E-state index in [-0.39, 0.29) is 0 Å². The second-order valence-electron chi connectivity index (χ2n) is 2.52. The molecule has 0 fully saturated rings. The van der Waals surface area contributed by atoms with Crippen molar-refractivity contribution in [2.45, 2.75) is 18.4 Å². The van der Waals surface area contributed by atoms with Crippen molar-refractivity contribution in [3.8, 4) is 0 Å². The molecule has 0 aliphatic rings. The van der Waals surface area contributed by atoms with Gasteiger partial charge in [-0.2, -0.15) is 0 Å². The molecule has 0 heterocycles. The molecule has 1 unspecified atom stereocenters. The van der Waals surface area contributed by atoms with Gasteiger partial charge in [0.1, 0.15) is 0 Å². The first-order chi connectivity index (χ1) is 6.31. The summed E-state index contributed by atoms with van der Waals surface area (Å²) in [5.41, 5.74) is -2.62. The van der Waals surface area contributed by atoms with E-state index in [0.29, 0.717) is 0 Å². The van der Waals surface area contributed by atoms with Gasteiger partial charge < -0.3 is 0 Å². The van der Waals surface area contributed by atoms with Gasteiger partial charge in [0.2, 0.25) is 0 Å². The van der Waals surface area contributed by atoms with Crippen LogP contribution in [0, 0.1) is 0 Å². The number of carbonyl (C=O) groups excluding carboxylic acids is 1. The van der Waals surface area contributed by atoms with E-state index in [4.69, 9.17) is 10.2 Å². The zero-order chi connectivity index (χ0) is 11.4. The summed E-state index contributed by atoms with van der Waals surface area (Å²) in [5, 5.41) is 26.1. The van der Waals surface area contributed by atoms with E-state index in [1.54, 1.807) is 0 Å².